The van der Waals surface area contributed by atoms with Crippen LogP contribution in [0.4, 0.5) is 15.9 Å². The van der Waals surface area contributed by atoms with E-state index in [0.29, 0.717) is 38.5 Å². The van der Waals surface area contributed by atoms with Gasteiger partial charge in [-0.15, -0.1) is 0 Å². The van der Waals surface area contributed by atoms with E-state index in [1.54, 1.807) is 6.26 Å². The minimum atomic E-state index is -0.807. The number of hydrogen-bond donors (Lipinski definition) is 1. The minimum Gasteiger partial charge on any atom is -0.432 e. The van der Waals surface area contributed by atoms with Crippen LogP contribution in [0.3, 0.4) is 0 Å². The fourth-order valence-corrected chi connectivity index (χ4v) is 9.04. The van der Waals surface area contributed by atoms with E-state index in [1.165, 1.54) is 11.1 Å². The third-order valence-corrected chi connectivity index (χ3v) is 11.4. The van der Waals surface area contributed by atoms with Crippen molar-refractivity contribution >= 4 is 11.5 Å². The van der Waals surface area contributed by atoms with Crippen molar-refractivity contribution in [3.63, 3.8) is 0 Å². The number of aromatic nitrogens is 5. The Morgan fingerprint density at radius 1 is 1.08 bits per heavy atom. The highest BCUT2D eigenvalue weighted by molar-refractivity contribution is 5.59. The van der Waals surface area contributed by atoms with Gasteiger partial charge >= 0.3 is 6.01 Å². The second-order valence-electron chi connectivity index (χ2n) is 14.5. The lowest BCUT2D eigenvalue weighted by Gasteiger charge is -2.43. The Morgan fingerprint density at radius 2 is 2.02 bits per heavy atom. The fraction of sp³-hybridized carbons (Fsp3) is 0.474. The summed E-state index contributed by atoms with van der Waals surface area (Å²) in [7, 11) is 0. The lowest BCUT2D eigenvalue weighted by molar-refractivity contribution is -0.0854. The topological polar surface area (TPSA) is 107 Å². The first kappa shape index (κ1) is 30.7. The Labute approximate surface area is 286 Å². The zero-order valence-electron chi connectivity index (χ0n) is 28.1. The average molecular weight is 663 g/mol. The van der Waals surface area contributed by atoms with Crippen molar-refractivity contribution in [2.24, 2.45) is 0 Å². The first-order valence-corrected chi connectivity index (χ1v) is 17.8. The second-order valence-corrected chi connectivity index (χ2v) is 14.5. The van der Waals surface area contributed by atoms with Crippen molar-refractivity contribution in [3.8, 4) is 17.4 Å². The predicted molar refractivity (Wildman–Crippen MR) is 185 cm³/mol. The molecule has 3 aromatic heterocycles. The van der Waals surface area contributed by atoms with Crippen molar-refractivity contribution in [2.75, 3.05) is 30.3 Å². The van der Waals surface area contributed by atoms with Crippen LogP contribution in [0, 0.1) is 6.92 Å². The average Bonchev–Trinajstić information content (AvgIpc) is 3.71. The van der Waals surface area contributed by atoms with Gasteiger partial charge in [-0.1, -0.05) is 12.1 Å². The van der Waals surface area contributed by atoms with Gasteiger partial charge in [-0.3, -0.25) is 14.6 Å². The predicted octanol–water partition coefficient (Wildman–Crippen LogP) is 5.81. The van der Waals surface area contributed by atoms with Gasteiger partial charge in [0.1, 0.15) is 17.7 Å². The summed E-state index contributed by atoms with van der Waals surface area (Å²) < 4.78 is 29.7. The van der Waals surface area contributed by atoms with Crippen molar-refractivity contribution in [1.29, 1.82) is 0 Å². The van der Waals surface area contributed by atoms with E-state index in [9.17, 15) is 4.39 Å². The molecule has 7 heterocycles. The normalized spacial score (nSPS) is 26.4. The molecule has 5 aliphatic rings. The van der Waals surface area contributed by atoms with Gasteiger partial charge in [-0.2, -0.15) is 15.1 Å². The van der Waals surface area contributed by atoms with E-state index in [2.05, 4.69) is 50.7 Å². The number of ether oxygens (including phenoxy) is 2. The summed E-state index contributed by atoms with van der Waals surface area (Å²) in [6.07, 6.45) is 11.7. The quantitative estimate of drug-likeness (QED) is 0.209. The maximum absolute atomic E-state index is 14.5. The number of aryl methyl sites for hydroxylation is 3. The molecule has 4 aliphatic heterocycles. The minimum absolute atomic E-state index is 0.285. The Bertz CT molecular complexity index is 1940. The first-order valence-electron chi connectivity index (χ1n) is 17.8. The number of rotatable bonds is 5. The van der Waals surface area contributed by atoms with Gasteiger partial charge in [0.05, 0.1) is 42.1 Å². The summed E-state index contributed by atoms with van der Waals surface area (Å²) in [6.45, 7) is 6.14. The van der Waals surface area contributed by atoms with Crippen molar-refractivity contribution < 1.29 is 13.9 Å². The number of benzene rings is 1. The Morgan fingerprint density at radius 3 is 2.94 bits per heavy atom. The van der Waals surface area contributed by atoms with Gasteiger partial charge in [0.25, 0.3) is 0 Å². The highest BCUT2D eigenvalue weighted by atomic mass is 19.1. The number of nitrogen functional groups attached to an aromatic ring is 1. The standard InChI is InChI=1S/C38H43FN8O2/c1-25-6-3-13-41-34(25)32-19-29-23-45(14-5-16-47(29)44-32)35-30-24-49-38(11-2-7-26-8-9-28(40)18-31(26)38)21-33(30)42-36(43-35)48-17-12-37-10-4-15-46(37)22-27(39)20-37/h3,6,8-9,12-13,17-19,27H,2,4-5,7,10-11,14-16,20-24,40H2,1H3/t27-,37?,38+/m1/s1. The highest BCUT2D eigenvalue weighted by Crippen LogP contribution is 2.47. The molecule has 9 rings (SSSR count). The van der Waals surface area contributed by atoms with Crippen LogP contribution in [0.5, 0.6) is 6.01 Å². The van der Waals surface area contributed by atoms with Crippen LogP contribution < -0.4 is 15.4 Å². The van der Waals surface area contributed by atoms with Crippen molar-refractivity contribution in [1.82, 2.24) is 29.6 Å². The molecule has 1 unspecified atom stereocenters. The van der Waals surface area contributed by atoms with Crippen molar-refractivity contribution in [2.45, 2.75) is 95.3 Å². The fourth-order valence-electron chi connectivity index (χ4n) is 9.04. The van der Waals surface area contributed by atoms with E-state index in [0.717, 1.165) is 104 Å². The number of anilines is 2. The SMILES string of the molecule is Cc1cccnc1-c1cc2n(n1)CCCN(c1nc(OC=CC34CCCN3C[C@H](F)C4)nc3c1CO[C@@]1(CCCc4ccc(N)cc41)C3)C2. The van der Waals surface area contributed by atoms with Crippen LogP contribution in [-0.4, -0.2) is 61.0 Å². The molecule has 2 N–H and O–H groups in total. The Balaban J connectivity index is 1.08. The van der Waals surface area contributed by atoms with Gasteiger partial charge in [0.2, 0.25) is 0 Å². The summed E-state index contributed by atoms with van der Waals surface area (Å²) in [5.41, 5.74) is 14.7. The van der Waals surface area contributed by atoms with Gasteiger partial charge in [-0.25, -0.2) is 4.39 Å². The number of fused-ring (bicyclic) bond motifs is 5. The van der Waals surface area contributed by atoms with Crippen LogP contribution in [-0.2, 0) is 42.9 Å². The molecule has 4 aromatic rings. The number of nitrogens with two attached hydrogens (primary N) is 1. The van der Waals surface area contributed by atoms with Gasteiger partial charge in [0, 0.05) is 55.5 Å². The molecular formula is C38H43FN8O2. The molecule has 11 heteroatoms. The molecule has 3 atom stereocenters. The van der Waals surface area contributed by atoms with E-state index in [-0.39, 0.29) is 5.54 Å². The van der Waals surface area contributed by atoms with Crippen LogP contribution >= 0.6 is 0 Å². The molecule has 1 aromatic carbocycles. The molecule has 254 valence electrons. The van der Waals surface area contributed by atoms with E-state index < -0.39 is 11.8 Å². The van der Waals surface area contributed by atoms with Crippen LogP contribution in [0.25, 0.3) is 11.4 Å². The molecule has 1 aliphatic carbocycles. The molecule has 0 bridgehead atoms. The zero-order chi connectivity index (χ0) is 33.2. The lowest BCUT2D eigenvalue weighted by Crippen LogP contribution is -2.40. The Hall–Kier alpha value is -4.35. The lowest BCUT2D eigenvalue weighted by atomic mass is 9.74. The molecule has 1 spiro atoms. The van der Waals surface area contributed by atoms with Gasteiger partial charge in [-0.05, 0) is 99.0 Å². The summed E-state index contributed by atoms with van der Waals surface area (Å²) >= 11 is 0. The summed E-state index contributed by atoms with van der Waals surface area (Å²) in [5.74, 6) is 0.836. The summed E-state index contributed by atoms with van der Waals surface area (Å²) in [5, 5.41) is 4.97. The van der Waals surface area contributed by atoms with Crippen molar-refractivity contribution in [3.05, 3.63) is 88.6 Å². The molecule has 2 saturated heterocycles. The molecule has 0 saturated carbocycles. The number of pyridine rings is 1. The van der Waals surface area contributed by atoms with E-state index >= 15 is 0 Å². The van der Waals surface area contributed by atoms with Crippen LogP contribution in [0.1, 0.15) is 72.2 Å². The van der Waals surface area contributed by atoms with Crippen LogP contribution in [0.15, 0.2) is 54.9 Å². The second kappa shape index (κ2) is 11.9. The Kier molecular flexibility index (Phi) is 7.46. The van der Waals surface area contributed by atoms with E-state index in [1.807, 2.05) is 24.4 Å². The van der Waals surface area contributed by atoms with E-state index in [4.69, 9.17) is 30.3 Å². The molecule has 10 nitrogen and oxygen atoms in total. The maximum Gasteiger partial charge on any atom is 0.323 e. The third kappa shape index (κ3) is 5.38. The number of halogens is 1. The third-order valence-electron chi connectivity index (χ3n) is 11.4. The van der Waals surface area contributed by atoms with Gasteiger partial charge in [0.15, 0.2) is 0 Å². The molecule has 0 amide bonds. The number of alkyl halides is 1. The van der Waals surface area contributed by atoms with Gasteiger partial charge < -0.3 is 20.1 Å². The molecule has 49 heavy (non-hydrogen) atoms. The summed E-state index contributed by atoms with van der Waals surface area (Å²) in [6, 6.07) is 12.7. The first-order chi connectivity index (χ1) is 23.9. The molecular weight excluding hydrogens is 619 g/mol. The smallest absolute Gasteiger partial charge is 0.323 e. The molecule has 0 radical (unpaired) electrons. The largest absolute Gasteiger partial charge is 0.432 e. The maximum atomic E-state index is 14.5. The molecule has 2 fully saturated rings. The zero-order valence-corrected chi connectivity index (χ0v) is 28.1. The monoisotopic (exact) mass is 662 g/mol. The number of nitrogens with zero attached hydrogens (tertiary/aromatic N) is 7. The summed E-state index contributed by atoms with van der Waals surface area (Å²) in [4.78, 5) is 19.3. The van der Waals surface area contributed by atoms with Crippen LogP contribution in [0.2, 0.25) is 0 Å². The highest BCUT2D eigenvalue weighted by Gasteiger charge is 2.47. The number of hydrogen-bond acceptors (Lipinski definition) is 9.